The Morgan fingerprint density at radius 3 is 2.68 bits per heavy atom. The maximum absolute atomic E-state index is 11.4. The van der Waals surface area contributed by atoms with Gasteiger partial charge in [0.2, 0.25) is 0 Å². The number of carbonyl (C=O) groups is 2. The first-order valence-corrected chi connectivity index (χ1v) is 7.22. The van der Waals surface area contributed by atoms with E-state index in [0.717, 1.165) is 24.6 Å². The molecular formula is C12H19NO5S. The topological polar surface area (TPSA) is 76.1 Å². The minimum Gasteiger partial charge on any atom is -0.479 e. The van der Waals surface area contributed by atoms with E-state index >= 15 is 0 Å². The Bertz CT molecular complexity index is 317. The Balaban J connectivity index is 2.30. The SMILES string of the molecule is C=CCOC(=O)C(OCCN1CCSCC1)C(=O)O. The summed E-state index contributed by atoms with van der Waals surface area (Å²) < 4.78 is 9.79. The first-order chi connectivity index (χ1) is 9.15. The van der Waals surface area contributed by atoms with E-state index in [1.54, 1.807) is 0 Å². The highest BCUT2D eigenvalue weighted by Gasteiger charge is 2.28. The average molecular weight is 289 g/mol. The molecule has 0 aliphatic carbocycles. The minimum atomic E-state index is -1.56. The van der Waals surface area contributed by atoms with E-state index < -0.39 is 18.0 Å². The Labute approximate surface area is 116 Å². The molecule has 7 heteroatoms. The molecule has 19 heavy (non-hydrogen) atoms. The lowest BCUT2D eigenvalue weighted by Gasteiger charge is -2.26. The summed E-state index contributed by atoms with van der Waals surface area (Å²) in [6.45, 7) is 6.12. The normalized spacial score (nSPS) is 17.7. The van der Waals surface area contributed by atoms with Gasteiger partial charge in [-0.3, -0.25) is 4.90 Å². The number of hydrogen-bond donors (Lipinski definition) is 1. The Morgan fingerprint density at radius 2 is 2.11 bits per heavy atom. The van der Waals surface area contributed by atoms with Crippen molar-refractivity contribution in [3.8, 4) is 0 Å². The largest absolute Gasteiger partial charge is 0.479 e. The van der Waals surface area contributed by atoms with Gasteiger partial charge in [0.25, 0.3) is 6.10 Å². The molecule has 6 nitrogen and oxygen atoms in total. The molecule has 108 valence electrons. The van der Waals surface area contributed by atoms with E-state index in [1.165, 1.54) is 6.08 Å². The van der Waals surface area contributed by atoms with Crippen molar-refractivity contribution in [1.29, 1.82) is 0 Å². The molecule has 0 radical (unpaired) electrons. The van der Waals surface area contributed by atoms with Crippen molar-refractivity contribution >= 4 is 23.7 Å². The van der Waals surface area contributed by atoms with E-state index in [2.05, 4.69) is 16.2 Å². The van der Waals surface area contributed by atoms with Gasteiger partial charge in [-0.05, 0) is 0 Å². The van der Waals surface area contributed by atoms with E-state index in [1.807, 2.05) is 11.8 Å². The second-order valence-electron chi connectivity index (χ2n) is 3.96. The molecule has 1 heterocycles. The summed E-state index contributed by atoms with van der Waals surface area (Å²) in [5, 5.41) is 8.91. The van der Waals surface area contributed by atoms with Crippen LogP contribution in [0.1, 0.15) is 0 Å². The summed E-state index contributed by atoms with van der Waals surface area (Å²) in [7, 11) is 0. The van der Waals surface area contributed by atoms with Crippen LogP contribution in [0.15, 0.2) is 12.7 Å². The van der Waals surface area contributed by atoms with Crippen LogP contribution in [-0.2, 0) is 19.1 Å². The molecule has 0 amide bonds. The van der Waals surface area contributed by atoms with Gasteiger partial charge < -0.3 is 14.6 Å². The molecule has 1 aliphatic heterocycles. The molecular weight excluding hydrogens is 270 g/mol. The Hall–Kier alpha value is -1.05. The van der Waals surface area contributed by atoms with E-state index in [4.69, 9.17) is 9.84 Å². The summed E-state index contributed by atoms with van der Waals surface area (Å²) in [5.41, 5.74) is 0. The van der Waals surface area contributed by atoms with Crippen LogP contribution in [0.5, 0.6) is 0 Å². The van der Waals surface area contributed by atoms with Crippen LogP contribution < -0.4 is 0 Å². The van der Waals surface area contributed by atoms with E-state index in [0.29, 0.717) is 6.54 Å². The fourth-order valence-corrected chi connectivity index (χ4v) is 2.56. The third-order valence-electron chi connectivity index (χ3n) is 2.58. The van der Waals surface area contributed by atoms with Gasteiger partial charge in [0, 0.05) is 31.1 Å². The highest BCUT2D eigenvalue weighted by Crippen LogP contribution is 2.08. The number of nitrogens with zero attached hydrogens (tertiary/aromatic N) is 1. The maximum Gasteiger partial charge on any atom is 0.347 e. The minimum absolute atomic E-state index is 0.0185. The molecule has 0 aromatic rings. The number of esters is 1. The zero-order chi connectivity index (χ0) is 14.1. The first-order valence-electron chi connectivity index (χ1n) is 6.07. The number of carboxylic acids is 1. The second-order valence-corrected chi connectivity index (χ2v) is 5.19. The molecule has 1 rings (SSSR count). The average Bonchev–Trinajstić information content (AvgIpc) is 2.41. The highest BCUT2D eigenvalue weighted by atomic mass is 32.2. The number of carbonyl (C=O) groups excluding carboxylic acids is 1. The molecule has 1 unspecified atom stereocenters. The van der Waals surface area contributed by atoms with Gasteiger partial charge in [0.05, 0.1) is 6.61 Å². The van der Waals surface area contributed by atoms with Crippen LogP contribution in [-0.4, -0.2) is 72.4 Å². The fraction of sp³-hybridized carbons (Fsp3) is 0.667. The van der Waals surface area contributed by atoms with Crippen molar-refractivity contribution in [1.82, 2.24) is 4.90 Å². The van der Waals surface area contributed by atoms with Gasteiger partial charge in [-0.15, -0.1) is 0 Å². The lowest BCUT2D eigenvalue weighted by molar-refractivity contribution is -0.169. The molecule has 1 atom stereocenters. The zero-order valence-electron chi connectivity index (χ0n) is 10.7. The van der Waals surface area contributed by atoms with Crippen molar-refractivity contribution in [3.63, 3.8) is 0 Å². The van der Waals surface area contributed by atoms with Crippen molar-refractivity contribution in [2.75, 3.05) is 44.4 Å². The summed E-state index contributed by atoms with van der Waals surface area (Å²) in [5.74, 6) is -0.0714. The first kappa shape index (κ1) is 16.0. The van der Waals surface area contributed by atoms with E-state index in [9.17, 15) is 9.59 Å². The molecule has 1 N–H and O–H groups in total. The predicted octanol–water partition coefficient (Wildman–Crippen LogP) is 0.234. The summed E-state index contributed by atoms with van der Waals surface area (Å²) >= 11 is 1.90. The fourth-order valence-electron chi connectivity index (χ4n) is 1.58. The smallest absolute Gasteiger partial charge is 0.347 e. The number of aliphatic carboxylic acids is 1. The van der Waals surface area contributed by atoms with Gasteiger partial charge in [-0.25, -0.2) is 9.59 Å². The van der Waals surface area contributed by atoms with Crippen molar-refractivity contribution in [3.05, 3.63) is 12.7 Å². The van der Waals surface area contributed by atoms with E-state index in [-0.39, 0.29) is 13.2 Å². The van der Waals surface area contributed by atoms with Crippen LogP contribution in [0.2, 0.25) is 0 Å². The lowest BCUT2D eigenvalue weighted by Crippen LogP contribution is -2.39. The van der Waals surface area contributed by atoms with Crippen LogP contribution >= 0.6 is 11.8 Å². The maximum atomic E-state index is 11.4. The molecule has 0 spiro atoms. The van der Waals surface area contributed by atoms with Crippen LogP contribution in [0, 0.1) is 0 Å². The van der Waals surface area contributed by atoms with Gasteiger partial charge in [0.15, 0.2) is 0 Å². The lowest BCUT2D eigenvalue weighted by atomic mass is 10.3. The van der Waals surface area contributed by atoms with Gasteiger partial charge in [-0.2, -0.15) is 11.8 Å². The number of thioether (sulfide) groups is 1. The monoisotopic (exact) mass is 289 g/mol. The standard InChI is InChI=1S/C12H19NO5S/c1-2-6-18-12(16)10(11(14)15)17-7-3-13-4-8-19-9-5-13/h2,10H,1,3-9H2,(H,14,15). The van der Waals surface area contributed by atoms with Crippen LogP contribution in [0.25, 0.3) is 0 Å². The molecule has 0 bridgehead atoms. The van der Waals surface area contributed by atoms with Crippen molar-refractivity contribution < 1.29 is 24.2 Å². The summed E-state index contributed by atoms with van der Waals surface area (Å²) in [6.07, 6.45) is -0.179. The number of carboxylic acid groups (broad SMARTS) is 1. The van der Waals surface area contributed by atoms with Crippen molar-refractivity contribution in [2.45, 2.75) is 6.10 Å². The van der Waals surface area contributed by atoms with Gasteiger partial charge in [-0.1, -0.05) is 12.7 Å². The number of hydrogen-bond acceptors (Lipinski definition) is 6. The summed E-state index contributed by atoms with van der Waals surface area (Å²) in [6, 6.07) is 0. The molecule has 1 aliphatic rings. The molecule has 0 aromatic carbocycles. The molecule has 0 aromatic heterocycles. The Kier molecular flexibility index (Phi) is 7.54. The predicted molar refractivity (Wildman–Crippen MR) is 72.3 cm³/mol. The number of ether oxygens (including phenoxy) is 2. The van der Waals surface area contributed by atoms with Gasteiger partial charge in [0.1, 0.15) is 6.61 Å². The molecule has 0 saturated carbocycles. The van der Waals surface area contributed by atoms with Crippen molar-refractivity contribution in [2.24, 2.45) is 0 Å². The third kappa shape index (κ3) is 6.09. The highest BCUT2D eigenvalue weighted by molar-refractivity contribution is 7.99. The second kappa shape index (κ2) is 8.95. The third-order valence-corrected chi connectivity index (χ3v) is 3.52. The molecule has 1 saturated heterocycles. The molecule has 1 fully saturated rings. The summed E-state index contributed by atoms with van der Waals surface area (Å²) in [4.78, 5) is 24.5. The number of rotatable bonds is 8. The van der Waals surface area contributed by atoms with Crippen LogP contribution in [0.3, 0.4) is 0 Å². The van der Waals surface area contributed by atoms with Crippen LogP contribution in [0.4, 0.5) is 0 Å². The van der Waals surface area contributed by atoms with Gasteiger partial charge >= 0.3 is 11.9 Å². The Morgan fingerprint density at radius 1 is 1.42 bits per heavy atom. The quantitative estimate of drug-likeness (QED) is 0.389. The zero-order valence-corrected chi connectivity index (χ0v) is 11.6.